The first kappa shape index (κ1) is 9.51. The van der Waals surface area contributed by atoms with E-state index in [4.69, 9.17) is 4.74 Å². The molecule has 0 radical (unpaired) electrons. The normalized spacial score (nSPS) is 22.9. The zero-order valence-corrected chi connectivity index (χ0v) is 7.49. The Labute approximate surface area is 84.3 Å². The SMILES string of the molecule is O=C=NC1OC1c1ccc([N+](=O)[O-])cc1. The molecular weight excluding hydrogens is 200 g/mol. The van der Waals surface area contributed by atoms with Gasteiger partial charge in [-0.1, -0.05) is 0 Å². The molecule has 0 N–H and O–H groups in total. The summed E-state index contributed by atoms with van der Waals surface area (Å²) in [6.07, 6.45) is 0.647. The van der Waals surface area contributed by atoms with Gasteiger partial charge in [0.15, 0.2) is 6.23 Å². The summed E-state index contributed by atoms with van der Waals surface area (Å²) in [5.74, 6) is 0. The van der Waals surface area contributed by atoms with E-state index in [2.05, 4.69) is 4.99 Å². The second-order valence-corrected chi connectivity index (χ2v) is 3.02. The maximum atomic E-state index is 10.4. The Hall–Kier alpha value is -2.04. The third kappa shape index (κ3) is 1.90. The summed E-state index contributed by atoms with van der Waals surface area (Å²) in [5.41, 5.74) is 0.791. The van der Waals surface area contributed by atoms with Crippen LogP contribution in [0.1, 0.15) is 11.7 Å². The van der Waals surface area contributed by atoms with Gasteiger partial charge in [0.05, 0.1) is 4.92 Å². The second-order valence-electron chi connectivity index (χ2n) is 3.02. The van der Waals surface area contributed by atoms with Crippen LogP contribution in [-0.4, -0.2) is 17.2 Å². The number of non-ortho nitro benzene ring substituents is 1. The molecular formula is C9H6N2O4. The van der Waals surface area contributed by atoms with Crippen molar-refractivity contribution in [2.24, 2.45) is 4.99 Å². The topological polar surface area (TPSA) is 85.1 Å². The van der Waals surface area contributed by atoms with Gasteiger partial charge in [-0.05, 0) is 17.7 Å². The van der Waals surface area contributed by atoms with Gasteiger partial charge in [-0.3, -0.25) is 10.1 Å². The van der Waals surface area contributed by atoms with E-state index in [1.807, 2.05) is 0 Å². The molecule has 1 saturated heterocycles. The van der Waals surface area contributed by atoms with Crippen molar-refractivity contribution in [1.82, 2.24) is 0 Å². The quantitative estimate of drug-likeness (QED) is 0.245. The lowest BCUT2D eigenvalue weighted by Gasteiger charge is -1.94. The van der Waals surface area contributed by atoms with Gasteiger partial charge < -0.3 is 4.74 Å². The van der Waals surface area contributed by atoms with Crippen molar-refractivity contribution in [3.8, 4) is 0 Å². The van der Waals surface area contributed by atoms with E-state index in [-0.39, 0.29) is 11.8 Å². The Morgan fingerprint density at radius 2 is 2.07 bits per heavy atom. The fourth-order valence-electron chi connectivity index (χ4n) is 1.28. The largest absolute Gasteiger partial charge is 0.340 e. The summed E-state index contributed by atoms with van der Waals surface area (Å²) in [6.45, 7) is 0. The maximum absolute atomic E-state index is 10.4. The van der Waals surface area contributed by atoms with E-state index in [1.54, 1.807) is 12.1 Å². The highest BCUT2D eigenvalue weighted by molar-refractivity contribution is 5.37. The molecule has 1 aliphatic heterocycles. The zero-order valence-electron chi connectivity index (χ0n) is 7.49. The predicted octanol–water partition coefficient (Wildman–Crippen LogP) is 1.33. The van der Waals surface area contributed by atoms with E-state index >= 15 is 0 Å². The first-order valence-electron chi connectivity index (χ1n) is 4.19. The van der Waals surface area contributed by atoms with Gasteiger partial charge >= 0.3 is 0 Å². The molecule has 0 aromatic heterocycles. The number of aliphatic imine (C=N–C) groups is 1. The minimum Gasteiger partial charge on any atom is -0.340 e. The van der Waals surface area contributed by atoms with Gasteiger partial charge in [0.2, 0.25) is 6.08 Å². The number of nitro groups is 1. The number of carbonyl (C=O) groups excluding carboxylic acids is 1. The number of nitrogens with zero attached hydrogens (tertiary/aromatic N) is 2. The van der Waals surface area contributed by atoms with Gasteiger partial charge in [0.25, 0.3) is 5.69 Å². The molecule has 6 nitrogen and oxygen atoms in total. The molecule has 0 bridgehead atoms. The third-order valence-electron chi connectivity index (χ3n) is 2.08. The lowest BCUT2D eigenvalue weighted by molar-refractivity contribution is -0.384. The number of ether oxygens (including phenoxy) is 1. The molecule has 0 spiro atoms. The Kier molecular flexibility index (Phi) is 2.29. The number of nitro benzene ring substituents is 1. The van der Waals surface area contributed by atoms with Crippen LogP contribution >= 0.6 is 0 Å². The fraction of sp³-hybridized carbons (Fsp3) is 0.222. The van der Waals surface area contributed by atoms with Gasteiger partial charge in [-0.2, -0.15) is 4.99 Å². The molecule has 2 rings (SSSR count). The highest BCUT2D eigenvalue weighted by atomic mass is 16.6. The number of benzene rings is 1. The van der Waals surface area contributed by atoms with E-state index in [9.17, 15) is 14.9 Å². The van der Waals surface area contributed by atoms with E-state index in [0.29, 0.717) is 0 Å². The molecule has 2 atom stereocenters. The van der Waals surface area contributed by atoms with Crippen molar-refractivity contribution in [3.63, 3.8) is 0 Å². The van der Waals surface area contributed by atoms with Crippen LogP contribution < -0.4 is 0 Å². The highest BCUT2D eigenvalue weighted by Gasteiger charge is 2.40. The highest BCUT2D eigenvalue weighted by Crippen LogP contribution is 2.39. The number of epoxide rings is 1. The Balaban J connectivity index is 2.12. The summed E-state index contributed by atoms with van der Waals surface area (Å²) < 4.78 is 5.04. The van der Waals surface area contributed by atoms with Crippen molar-refractivity contribution in [2.75, 3.05) is 0 Å². The molecule has 0 amide bonds. The van der Waals surface area contributed by atoms with E-state index in [1.165, 1.54) is 18.2 Å². The summed E-state index contributed by atoms with van der Waals surface area (Å²) >= 11 is 0. The first-order chi connectivity index (χ1) is 7.22. The lowest BCUT2D eigenvalue weighted by atomic mass is 10.1. The van der Waals surface area contributed by atoms with Gasteiger partial charge in [-0.15, -0.1) is 0 Å². The first-order valence-corrected chi connectivity index (χ1v) is 4.19. The van der Waals surface area contributed by atoms with Gasteiger partial charge in [0.1, 0.15) is 6.10 Å². The van der Waals surface area contributed by atoms with E-state index in [0.717, 1.165) is 5.56 Å². The maximum Gasteiger partial charge on any atom is 0.269 e. The summed E-state index contributed by atoms with van der Waals surface area (Å²) in [4.78, 5) is 23.2. The molecule has 2 unspecified atom stereocenters. The van der Waals surface area contributed by atoms with Crippen molar-refractivity contribution >= 4 is 11.8 Å². The Morgan fingerprint density at radius 3 is 2.60 bits per heavy atom. The number of rotatable bonds is 3. The van der Waals surface area contributed by atoms with Crippen molar-refractivity contribution in [3.05, 3.63) is 39.9 Å². The predicted molar refractivity (Wildman–Crippen MR) is 48.8 cm³/mol. The van der Waals surface area contributed by atoms with E-state index < -0.39 is 11.2 Å². The monoisotopic (exact) mass is 206 g/mol. The standard InChI is InChI=1S/C9H6N2O4/c12-5-10-9-8(15-9)6-1-3-7(4-2-6)11(13)14/h1-4,8-9H. The molecule has 1 aromatic rings. The van der Waals surface area contributed by atoms with Crippen LogP contribution in [0.4, 0.5) is 5.69 Å². The molecule has 6 heteroatoms. The lowest BCUT2D eigenvalue weighted by Crippen LogP contribution is -1.89. The molecule has 1 aliphatic rings. The zero-order chi connectivity index (χ0) is 10.8. The average molecular weight is 206 g/mol. The second kappa shape index (κ2) is 3.61. The van der Waals surface area contributed by atoms with Crippen LogP contribution in [0.25, 0.3) is 0 Å². The van der Waals surface area contributed by atoms with Crippen molar-refractivity contribution in [1.29, 1.82) is 0 Å². The molecule has 76 valence electrons. The van der Waals surface area contributed by atoms with Gasteiger partial charge in [0, 0.05) is 12.1 Å². The summed E-state index contributed by atoms with van der Waals surface area (Å²) in [6, 6.07) is 5.95. The smallest absolute Gasteiger partial charge is 0.269 e. The van der Waals surface area contributed by atoms with Crippen LogP contribution in [0.3, 0.4) is 0 Å². The average Bonchev–Trinajstić information content (AvgIpc) is 2.98. The number of hydrogen-bond donors (Lipinski definition) is 0. The minimum absolute atomic E-state index is 0.0230. The fourth-order valence-corrected chi connectivity index (χ4v) is 1.28. The summed E-state index contributed by atoms with van der Waals surface area (Å²) in [5, 5.41) is 10.4. The van der Waals surface area contributed by atoms with Crippen LogP contribution in [0.2, 0.25) is 0 Å². The van der Waals surface area contributed by atoms with Crippen molar-refractivity contribution < 1.29 is 14.5 Å². The van der Waals surface area contributed by atoms with Gasteiger partial charge in [-0.25, -0.2) is 4.79 Å². The molecule has 1 aromatic carbocycles. The van der Waals surface area contributed by atoms with Crippen LogP contribution in [0, 0.1) is 10.1 Å². The molecule has 1 heterocycles. The minimum atomic E-state index is -0.482. The Morgan fingerprint density at radius 1 is 1.40 bits per heavy atom. The summed E-state index contributed by atoms with van der Waals surface area (Å²) in [7, 11) is 0. The van der Waals surface area contributed by atoms with Crippen LogP contribution in [0.5, 0.6) is 0 Å². The Bertz CT molecular complexity index is 436. The molecule has 0 aliphatic carbocycles. The molecule has 0 saturated carbocycles. The van der Waals surface area contributed by atoms with Crippen LogP contribution in [-0.2, 0) is 9.53 Å². The third-order valence-corrected chi connectivity index (χ3v) is 2.08. The van der Waals surface area contributed by atoms with Crippen molar-refractivity contribution in [2.45, 2.75) is 12.3 Å². The molecule has 15 heavy (non-hydrogen) atoms. The number of isocyanates is 1. The number of hydrogen-bond acceptors (Lipinski definition) is 5. The molecule has 1 fully saturated rings. The van der Waals surface area contributed by atoms with Crippen LogP contribution in [0.15, 0.2) is 29.3 Å².